The second-order valence-corrected chi connectivity index (χ2v) is 9.29. The lowest BCUT2D eigenvalue weighted by Gasteiger charge is -2.32. The zero-order valence-corrected chi connectivity index (χ0v) is 17.3. The fourth-order valence-electron chi connectivity index (χ4n) is 2.98. The highest BCUT2D eigenvalue weighted by atomic mass is 32.2. The molecule has 1 amide bonds. The summed E-state index contributed by atoms with van der Waals surface area (Å²) < 4.78 is 38.6. The summed E-state index contributed by atoms with van der Waals surface area (Å²) >= 11 is 1.19. The lowest BCUT2D eigenvalue weighted by atomic mass is 10.1. The van der Waals surface area contributed by atoms with E-state index in [1.807, 2.05) is 6.92 Å². The highest BCUT2D eigenvalue weighted by molar-refractivity contribution is 7.91. The van der Waals surface area contributed by atoms with Gasteiger partial charge in [0.1, 0.15) is 15.7 Å². The summed E-state index contributed by atoms with van der Waals surface area (Å²) in [6.45, 7) is 3.48. The largest absolute Gasteiger partial charge is 0.494 e. The summed E-state index contributed by atoms with van der Waals surface area (Å²) in [5, 5.41) is 1.74. The lowest BCUT2D eigenvalue weighted by Crippen LogP contribution is -2.47. The molecule has 9 heteroatoms. The van der Waals surface area contributed by atoms with Crippen LogP contribution in [0.25, 0.3) is 0 Å². The van der Waals surface area contributed by atoms with E-state index in [9.17, 15) is 13.2 Å². The zero-order chi connectivity index (χ0) is 20.0. The van der Waals surface area contributed by atoms with Crippen LogP contribution in [0.5, 0.6) is 11.5 Å². The van der Waals surface area contributed by atoms with Crippen molar-refractivity contribution in [1.82, 2.24) is 9.62 Å². The Hall–Kier alpha value is -2.10. The van der Waals surface area contributed by atoms with Gasteiger partial charge in [-0.1, -0.05) is 6.07 Å². The predicted molar refractivity (Wildman–Crippen MR) is 107 cm³/mol. The molecule has 1 aromatic heterocycles. The number of nitrogens with zero attached hydrogens (tertiary/aromatic N) is 1. The number of benzene rings is 1. The van der Waals surface area contributed by atoms with Gasteiger partial charge in [-0.2, -0.15) is 0 Å². The molecule has 28 heavy (non-hydrogen) atoms. The van der Waals surface area contributed by atoms with E-state index in [0.717, 1.165) is 5.75 Å². The molecule has 0 unspecified atom stereocenters. The van der Waals surface area contributed by atoms with E-state index in [4.69, 9.17) is 9.47 Å². The number of carbonyl (C=O) groups is 1. The number of thiophene rings is 1. The maximum absolute atomic E-state index is 12.4. The molecule has 1 fully saturated rings. The smallest absolute Gasteiger partial charge is 0.260 e. The molecule has 1 N–H and O–H groups in total. The number of sulfonamides is 1. The standard InChI is InChI=1S/C19H24N2O5S2/c1-2-25-16-5-7-17(8-6-16)26-14-18(22)21-11-9-15(10-12-21)20-28(23,24)19-4-3-13-27-19/h3-8,13,15,20H,2,9-12,14H2,1H3. The molecule has 1 aliphatic rings. The molecule has 0 radical (unpaired) electrons. The average Bonchev–Trinajstić information content (AvgIpc) is 3.24. The highest BCUT2D eigenvalue weighted by Gasteiger charge is 2.27. The molecule has 1 saturated heterocycles. The third kappa shape index (κ3) is 5.46. The van der Waals surface area contributed by atoms with Gasteiger partial charge in [0.15, 0.2) is 6.61 Å². The van der Waals surface area contributed by atoms with Crippen LogP contribution in [0.4, 0.5) is 0 Å². The summed E-state index contributed by atoms with van der Waals surface area (Å²) in [6.07, 6.45) is 1.17. The Labute approximate surface area is 169 Å². The van der Waals surface area contributed by atoms with Crippen molar-refractivity contribution in [3.8, 4) is 11.5 Å². The third-order valence-corrected chi connectivity index (χ3v) is 7.34. The molecule has 0 atom stereocenters. The minimum atomic E-state index is -3.48. The number of hydrogen-bond acceptors (Lipinski definition) is 6. The van der Waals surface area contributed by atoms with Crippen molar-refractivity contribution < 1.29 is 22.7 Å². The fourth-order valence-corrected chi connectivity index (χ4v) is 5.29. The molecule has 7 nitrogen and oxygen atoms in total. The Balaban J connectivity index is 1.43. The molecular formula is C19H24N2O5S2. The van der Waals surface area contributed by atoms with E-state index in [1.165, 1.54) is 11.3 Å². The van der Waals surface area contributed by atoms with Gasteiger partial charge >= 0.3 is 0 Å². The Kier molecular flexibility index (Phi) is 6.93. The number of carbonyl (C=O) groups excluding carboxylic acids is 1. The number of amides is 1. The average molecular weight is 425 g/mol. The normalized spacial score (nSPS) is 15.4. The molecule has 3 rings (SSSR count). The number of piperidine rings is 1. The molecule has 1 aromatic carbocycles. The monoisotopic (exact) mass is 424 g/mol. The molecule has 0 saturated carbocycles. The molecular weight excluding hydrogens is 400 g/mol. The van der Waals surface area contributed by atoms with Crippen LogP contribution in [0, 0.1) is 0 Å². The van der Waals surface area contributed by atoms with Gasteiger partial charge < -0.3 is 14.4 Å². The van der Waals surface area contributed by atoms with Crippen molar-refractivity contribution in [2.45, 2.75) is 30.0 Å². The van der Waals surface area contributed by atoms with E-state index in [0.29, 0.717) is 42.5 Å². The number of rotatable bonds is 8. The third-order valence-electron chi connectivity index (χ3n) is 4.43. The van der Waals surface area contributed by atoms with Crippen LogP contribution < -0.4 is 14.2 Å². The van der Waals surface area contributed by atoms with Crippen molar-refractivity contribution in [3.05, 3.63) is 41.8 Å². The van der Waals surface area contributed by atoms with Crippen LogP contribution >= 0.6 is 11.3 Å². The number of hydrogen-bond donors (Lipinski definition) is 1. The Morgan fingerprint density at radius 2 is 1.79 bits per heavy atom. The van der Waals surface area contributed by atoms with Gasteiger partial charge in [-0.05, 0) is 55.5 Å². The van der Waals surface area contributed by atoms with Crippen molar-refractivity contribution in [3.63, 3.8) is 0 Å². The first-order valence-corrected chi connectivity index (χ1v) is 11.5. The van der Waals surface area contributed by atoms with E-state index in [-0.39, 0.29) is 18.6 Å². The SMILES string of the molecule is CCOc1ccc(OCC(=O)N2CCC(NS(=O)(=O)c3cccs3)CC2)cc1. The van der Waals surface area contributed by atoms with Crippen LogP contribution in [0.15, 0.2) is 46.0 Å². The molecule has 0 spiro atoms. The molecule has 2 aromatic rings. The second kappa shape index (κ2) is 9.40. The molecule has 0 aliphatic carbocycles. The van der Waals surface area contributed by atoms with Crippen molar-refractivity contribution in [2.75, 3.05) is 26.3 Å². The predicted octanol–water partition coefficient (Wildman–Crippen LogP) is 2.50. The van der Waals surface area contributed by atoms with Crippen molar-refractivity contribution in [2.24, 2.45) is 0 Å². The topological polar surface area (TPSA) is 84.9 Å². The molecule has 152 valence electrons. The number of likely N-dealkylation sites (tertiary alicyclic amines) is 1. The summed E-state index contributed by atoms with van der Waals surface area (Å²) in [6, 6.07) is 10.3. The van der Waals surface area contributed by atoms with E-state index in [1.54, 1.807) is 46.7 Å². The van der Waals surface area contributed by atoms with Gasteiger partial charge in [-0.3, -0.25) is 4.79 Å². The van der Waals surface area contributed by atoms with Crippen LogP contribution in [0.3, 0.4) is 0 Å². The summed E-state index contributed by atoms with van der Waals surface area (Å²) in [5.41, 5.74) is 0. The minimum absolute atomic E-state index is 0.0421. The van der Waals surface area contributed by atoms with E-state index < -0.39 is 10.0 Å². The molecule has 0 bridgehead atoms. The number of ether oxygens (including phenoxy) is 2. The lowest BCUT2D eigenvalue weighted by molar-refractivity contribution is -0.134. The highest BCUT2D eigenvalue weighted by Crippen LogP contribution is 2.20. The van der Waals surface area contributed by atoms with Crippen LogP contribution in [0.2, 0.25) is 0 Å². The van der Waals surface area contributed by atoms with Gasteiger partial charge in [0, 0.05) is 19.1 Å². The van der Waals surface area contributed by atoms with Crippen LogP contribution in [0.1, 0.15) is 19.8 Å². The van der Waals surface area contributed by atoms with Gasteiger partial charge in [0.2, 0.25) is 10.0 Å². The van der Waals surface area contributed by atoms with Gasteiger partial charge in [-0.15, -0.1) is 11.3 Å². The molecule has 2 heterocycles. The second-order valence-electron chi connectivity index (χ2n) is 6.40. The maximum atomic E-state index is 12.4. The number of nitrogens with one attached hydrogen (secondary N) is 1. The van der Waals surface area contributed by atoms with Crippen LogP contribution in [-0.4, -0.2) is 51.6 Å². The zero-order valence-electron chi connectivity index (χ0n) is 15.7. The first-order chi connectivity index (χ1) is 13.5. The Morgan fingerprint density at radius 1 is 1.14 bits per heavy atom. The molecule has 1 aliphatic heterocycles. The summed E-state index contributed by atoms with van der Waals surface area (Å²) in [4.78, 5) is 14.1. The minimum Gasteiger partial charge on any atom is -0.494 e. The summed E-state index contributed by atoms with van der Waals surface area (Å²) in [7, 11) is -3.48. The Morgan fingerprint density at radius 3 is 2.36 bits per heavy atom. The Bertz CT molecular complexity index is 858. The fraction of sp³-hybridized carbons (Fsp3) is 0.421. The van der Waals surface area contributed by atoms with E-state index >= 15 is 0 Å². The van der Waals surface area contributed by atoms with Crippen molar-refractivity contribution >= 4 is 27.3 Å². The summed E-state index contributed by atoms with van der Waals surface area (Å²) in [5.74, 6) is 1.26. The van der Waals surface area contributed by atoms with Crippen molar-refractivity contribution in [1.29, 1.82) is 0 Å². The van der Waals surface area contributed by atoms with Gasteiger partial charge in [-0.25, -0.2) is 13.1 Å². The van der Waals surface area contributed by atoms with Gasteiger partial charge in [0.25, 0.3) is 5.91 Å². The quantitative estimate of drug-likeness (QED) is 0.704. The maximum Gasteiger partial charge on any atom is 0.260 e. The van der Waals surface area contributed by atoms with E-state index in [2.05, 4.69) is 4.72 Å². The first kappa shape index (κ1) is 20.6. The first-order valence-electron chi connectivity index (χ1n) is 9.17. The van der Waals surface area contributed by atoms with Gasteiger partial charge in [0.05, 0.1) is 6.61 Å². The van der Waals surface area contributed by atoms with Crippen LogP contribution in [-0.2, 0) is 14.8 Å².